The van der Waals surface area contributed by atoms with E-state index in [1.165, 1.54) is 18.2 Å². The van der Waals surface area contributed by atoms with Crippen LogP contribution in [0.2, 0.25) is 5.02 Å². The number of amides is 1. The molecule has 1 heterocycles. The first-order chi connectivity index (χ1) is 12.5. The lowest BCUT2D eigenvalue weighted by atomic mass is 10.1. The van der Waals surface area contributed by atoms with E-state index < -0.39 is 11.7 Å². The fraction of sp³-hybridized carbons (Fsp3) is 0.100. The SMILES string of the molecule is CC(Nc1ccc(NC(=O)c2c(F)cccc2Cl)nc1)c1ccccc1. The Kier molecular flexibility index (Phi) is 5.49. The number of hydrogen-bond donors (Lipinski definition) is 2. The van der Waals surface area contributed by atoms with E-state index in [-0.39, 0.29) is 16.6 Å². The molecule has 132 valence electrons. The Labute approximate surface area is 156 Å². The van der Waals surface area contributed by atoms with Crippen LogP contribution in [0.3, 0.4) is 0 Å². The third-order valence-electron chi connectivity index (χ3n) is 3.88. The lowest BCUT2D eigenvalue weighted by molar-refractivity contribution is 0.102. The quantitative estimate of drug-likeness (QED) is 0.641. The summed E-state index contributed by atoms with van der Waals surface area (Å²) in [6.07, 6.45) is 1.61. The predicted molar refractivity (Wildman–Crippen MR) is 102 cm³/mol. The highest BCUT2D eigenvalue weighted by molar-refractivity contribution is 6.34. The fourth-order valence-corrected chi connectivity index (χ4v) is 2.77. The van der Waals surface area contributed by atoms with Crippen LogP contribution in [0.4, 0.5) is 15.9 Å². The first-order valence-electron chi connectivity index (χ1n) is 8.07. The van der Waals surface area contributed by atoms with E-state index in [0.717, 1.165) is 11.3 Å². The molecule has 1 amide bonds. The minimum atomic E-state index is -0.676. The number of hydrogen-bond acceptors (Lipinski definition) is 3. The van der Waals surface area contributed by atoms with Crippen molar-refractivity contribution in [1.29, 1.82) is 0 Å². The zero-order valence-electron chi connectivity index (χ0n) is 14.0. The molecule has 0 radical (unpaired) electrons. The van der Waals surface area contributed by atoms with Gasteiger partial charge in [0.2, 0.25) is 0 Å². The van der Waals surface area contributed by atoms with Gasteiger partial charge in [0.25, 0.3) is 5.91 Å². The minimum absolute atomic E-state index is 0.0532. The van der Waals surface area contributed by atoms with Crippen molar-refractivity contribution in [1.82, 2.24) is 4.98 Å². The summed E-state index contributed by atoms with van der Waals surface area (Å²) in [5.41, 5.74) is 1.76. The highest BCUT2D eigenvalue weighted by Crippen LogP contribution is 2.22. The van der Waals surface area contributed by atoms with Crippen molar-refractivity contribution < 1.29 is 9.18 Å². The second kappa shape index (κ2) is 7.97. The molecule has 0 aliphatic carbocycles. The summed E-state index contributed by atoms with van der Waals surface area (Å²) >= 11 is 5.90. The molecule has 2 aromatic carbocycles. The average molecular weight is 370 g/mol. The molecule has 0 saturated heterocycles. The van der Waals surface area contributed by atoms with Crippen LogP contribution < -0.4 is 10.6 Å². The van der Waals surface area contributed by atoms with E-state index in [4.69, 9.17) is 11.6 Å². The van der Waals surface area contributed by atoms with Gasteiger partial charge >= 0.3 is 0 Å². The van der Waals surface area contributed by atoms with Crippen LogP contribution in [0.25, 0.3) is 0 Å². The molecule has 0 aliphatic heterocycles. The van der Waals surface area contributed by atoms with Crippen molar-refractivity contribution >= 4 is 29.0 Å². The van der Waals surface area contributed by atoms with Crippen molar-refractivity contribution in [2.24, 2.45) is 0 Å². The molecule has 4 nitrogen and oxygen atoms in total. The van der Waals surface area contributed by atoms with Crippen molar-refractivity contribution in [3.8, 4) is 0 Å². The number of benzene rings is 2. The summed E-state index contributed by atoms with van der Waals surface area (Å²) in [5, 5.41) is 5.94. The van der Waals surface area contributed by atoms with Crippen LogP contribution in [0.1, 0.15) is 28.9 Å². The Balaban J connectivity index is 1.67. The molecule has 0 bridgehead atoms. The number of pyridine rings is 1. The summed E-state index contributed by atoms with van der Waals surface area (Å²) in [6, 6.07) is 17.7. The summed E-state index contributed by atoms with van der Waals surface area (Å²) in [4.78, 5) is 16.4. The minimum Gasteiger partial charge on any atom is -0.377 e. The maximum absolute atomic E-state index is 13.8. The van der Waals surface area contributed by atoms with Gasteiger partial charge in [-0.1, -0.05) is 48.0 Å². The number of carbonyl (C=O) groups excluding carboxylic acids is 1. The number of aromatic nitrogens is 1. The summed E-state index contributed by atoms with van der Waals surface area (Å²) in [5.74, 6) is -1.00. The Morgan fingerprint density at radius 2 is 1.85 bits per heavy atom. The molecule has 0 fully saturated rings. The number of nitrogens with one attached hydrogen (secondary N) is 2. The number of nitrogens with zero attached hydrogens (tertiary/aromatic N) is 1. The Hall–Kier alpha value is -2.92. The molecule has 6 heteroatoms. The third-order valence-corrected chi connectivity index (χ3v) is 4.19. The average Bonchev–Trinajstić information content (AvgIpc) is 2.64. The van der Waals surface area contributed by atoms with E-state index in [1.54, 1.807) is 18.3 Å². The van der Waals surface area contributed by atoms with Gasteiger partial charge < -0.3 is 10.6 Å². The Morgan fingerprint density at radius 3 is 2.50 bits per heavy atom. The lowest BCUT2D eigenvalue weighted by Crippen LogP contribution is -2.15. The van der Waals surface area contributed by atoms with Gasteiger partial charge in [0.05, 0.1) is 22.5 Å². The van der Waals surface area contributed by atoms with Gasteiger partial charge in [-0.3, -0.25) is 4.79 Å². The molecular weight excluding hydrogens is 353 g/mol. The summed E-state index contributed by atoms with van der Waals surface area (Å²) < 4.78 is 13.8. The Bertz CT molecular complexity index is 880. The topological polar surface area (TPSA) is 54.0 Å². The number of carbonyl (C=O) groups is 1. The monoisotopic (exact) mass is 369 g/mol. The van der Waals surface area contributed by atoms with Crippen molar-refractivity contribution in [2.45, 2.75) is 13.0 Å². The molecule has 26 heavy (non-hydrogen) atoms. The van der Waals surface area contributed by atoms with E-state index in [2.05, 4.69) is 15.6 Å². The second-order valence-electron chi connectivity index (χ2n) is 5.76. The highest BCUT2D eigenvalue weighted by Gasteiger charge is 2.16. The molecule has 1 unspecified atom stereocenters. The Morgan fingerprint density at radius 1 is 1.08 bits per heavy atom. The third kappa shape index (κ3) is 4.18. The van der Waals surface area contributed by atoms with Crippen molar-refractivity contribution in [3.05, 3.63) is 88.8 Å². The largest absolute Gasteiger partial charge is 0.377 e. The summed E-state index contributed by atoms with van der Waals surface area (Å²) in [7, 11) is 0. The van der Waals surface area contributed by atoms with Crippen LogP contribution in [0, 0.1) is 5.82 Å². The fourth-order valence-electron chi connectivity index (χ4n) is 2.52. The van der Waals surface area contributed by atoms with E-state index in [0.29, 0.717) is 5.82 Å². The maximum atomic E-state index is 13.8. The maximum Gasteiger partial charge on any atom is 0.261 e. The van der Waals surface area contributed by atoms with Gasteiger partial charge in [-0.25, -0.2) is 9.37 Å². The van der Waals surface area contributed by atoms with Gasteiger partial charge in [-0.05, 0) is 36.8 Å². The number of anilines is 2. The van der Waals surface area contributed by atoms with E-state index in [1.807, 2.05) is 37.3 Å². The molecule has 0 spiro atoms. The molecule has 2 N–H and O–H groups in total. The van der Waals surface area contributed by atoms with Gasteiger partial charge in [-0.15, -0.1) is 0 Å². The molecule has 3 rings (SSSR count). The van der Waals surface area contributed by atoms with Crippen molar-refractivity contribution in [3.63, 3.8) is 0 Å². The van der Waals surface area contributed by atoms with Gasteiger partial charge in [0.15, 0.2) is 0 Å². The standard InChI is InChI=1S/C20H17ClFN3O/c1-13(14-6-3-2-4-7-14)24-15-10-11-18(23-12-15)25-20(26)19-16(21)8-5-9-17(19)22/h2-13,24H,1H3,(H,23,25,26). The van der Waals surface area contributed by atoms with Crippen molar-refractivity contribution in [2.75, 3.05) is 10.6 Å². The molecule has 0 aliphatic rings. The normalized spacial score (nSPS) is 11.7. The number of halogens is 2. The van der Waals surface area contributed by atoms with Crippen LogP contribution in [-0.4, -0.2) is 10.9 Å². The van der Waals surface area contributed by atoms with Crippen LogP contribution in [0.15, 0.2) is 66.9 Å². The second-order valence-corrected chi connectivity index (χ2v) is 6.17. The molecular formula is C20H17ClFN3O. The molecule has 1 aromatic heterocycles. The van der Waals surface area contributed by atoms with Crippen LogP contribution >= 0.6 is 11.6 Å². The first-order valence-corrected chi connectivity index (χ1v) is 8.45. The van der Waals surface area contributed by atoms with Gasteiger partial charge in [0.1, 0.15) is 11.6 Å². The highest BCUT2D eigenvalue weighted by atomic mass is 35.5. The van der Waals surface area contributed by atoms with Crippen LogP contribution in [-0.2, 0) is 0 Å². The number of rotatable bonds is 5. The summed E-state index contributed by atoms with van der Waals surface area (Å²) in [6.45, 7) is 2.05. The molecule has 3 aromatic rings. The van der Waals surface area contributed by atoms with Gasteiger partial charge in [0, 0.05) is 6.04 Å². The molecule has 1 atom stereocenters. The van der Waals surface area contributed by atoms with E-state index in [9.17, 15) is 9.18 Å². The smallest absolute Gasteiger partial charge is 0.261 e. The lowest BCUT2D eigenvalue weighted by Gasteiger charge is -2.15. The predicted octanol–water partition coefficient (Wildman–Crippen LogP) is 5.30. The van der Waals surface area contributed by atoms with Crippen LogP contribution in [0.5, 0.6) is 0 Å². The first kappa shape index (κ1) is 17.9. The van der Waals surface area contributed by atoms with Gasteiger partial charge in [-0.2, -0.15) is 0 Å². The molecule has 0 saturated carbocycles. The zero-order chi connectivity index (χ0) is 18.5. The van der Waals surface area contributed by atoms with E-state index >= 15 is 0 Å². The zero-order valence-corrected chi connectivity index (χ0v) is 14.8.